The topological polar surface area (TPSA) is 70.2 Å². The van der Waals surface area contributed by atoms with Crippen molar-refractivity contribution in [3.8, 4) is 0 Å². The summed E-state index contributed by atoms with van der Waals surface area (Å²) in [5.74, 6) is 1.62. The van der Waals surface area contributed by atoms with Crippen molar-refractivity contribution in [1.82, 2.24) is 20.2 Å². The van der Waals surface area contributed by atoms with Gasteiger partial charge in [-0.3, -0.25) is 4.79 Å². The lowest BCUT2D eigenvalue weighted by atomic mass is 10.1. The molecule has 0 fully saturated rings. The summed E-state index contributed by atoms with van der Waals surface area (Å²) in [6.45, 7) is 12.9. The molecule has 2 N–H and O–H groups in total. The highest BCUT2D eigenvalue weighted by molar-refractivity contribution is 7.18. The number of hydrogen-bond acceptors (Lipinski definition) is 6. The van der Waals surface area contributed by atoms with Crippen LogP contribution < -0.4 is 10.6 Å². The predicted octanol–water partition coefficient (Wildman–Crippen LogP) is 4.64. The molecule has 166 valence electrons. The standard InChI is InChI=1S/C24H33N5OS/c1-5-20-15-21-22(27-17(4)28-24(21)31-20)26-16-18-9-11-19(12-10-18)23(30)25-13-8-14-29(6-2)7-3/h9-12,15H,5-8,13-14,16H2,1-4H3,(H,25,30)(H,26,27,28). The van der Waals surface area contributed by atoms with Crippen LogP contribution in [-0.2, 0) is 13.0 Å². The second-order valence-electron chi connectivity index (χ2n) is 7.59. The van der Waals surface area contributed by atoms with E-state index in [1.54, 1.807) is 11.3 Å². The molecule has 0 saturated heterocycles. The fourth-order valence-electron chi connectivity index (χ4n) is 3.49. The largest absolute Gasteiger partial charge is 0.365 e. The van der Waals surface area contributed by atoms with E-state index in [0.717, 1.165) is 59.9 Å². The number of benzene rings is 1. The van der Waals surface area contributed by atoms with Crippen LogP contribution in [0.3, 0.4) is 0 Å². The Morgan fingerprint density at radius 1 is 1.10 bits per heavy atom. The van der Waals surface area contributed by atoms with Gasteiger partial charge >= 0.3 is 0 Å². The smallest absolute Gasteiger partial charge is 0.251 e. The Bertz CT molecular complexity index is 995. The molecule has 1 amide bonds. The van der Waals surface area contributed by atoms with Crippen LogP contribution in [0.5, 0.6) is 0 Å². The van der Waals surface area contributed by atoms with E-state index in [2.05, 4.69) is 52.3 Å². The normalized spacial score (nSPS) is 11.3. The third-order valence-corrected chi connectivity index (χ3v) is 6.58. The minimum Gasteiger partial charge on any atom is -0.365 e. The van der Waals surface area contributed by atoms with Crippen molar-refractivity contribution in [2.45, 2.75) is 47.1 Å². The third kappa shape index (κ3) is 6.24. The number of carbonyl (C=O) groups is 1. The Labute approximate surface area is 189 Å². The van der Waals surface area contributed by atoms with Gasteiger partial charge in [-0.25, -0.2) is 9.97 Å². The number of anilines is 1. The second-order valence-corrected chi connectivity index (χ2v) is 8.71. The first-order valence-corrected chi connectivity index (χ1v) is 12.0. The van der Waals surface area contributed by atoms with E-state index in [9.17, 15) is 4.79 Å². The van der Waals surface area contributed by atoms with Gasteiger partial charge in [0.05, 0.1) is 5.39 Å². The molecule has 0 spiro atoms. The fourth-order valence-corrected chi connectivity index (χ4v) is 4.51. The number of nitrogens with one attached hydrogen (secondary N) is 2. The van der Waals surface area contributed by atoms with E-state index < -0.39 is 0 Å². The number of aryl methyl sites for hydroxylation is 2. The molecule has 0 aliphatic heterocycles. The SMILES string of the molecule is CCc1cc2c(NCc3ccc(C(=O)NCCCN(CC)CC)cc3)nc(C)nc2s1. The molecule has 1 aromatic carbocycles. The first-order valence-electron chi connectivity index (χ1n) is 11.1. The number of nitrogens with zero attached hydrogens (tertiary/aromatic N) is 3. The predicted molar refractivity (Wildman–Crippen MR) is 130 cm³/mol. The van der Waals surface area contributed by atoms with Crippen molar-refractivity contribution in [1.29, 1.82) is 0 Å². The molecule has 3 rings (SSSR count). The van der Waals surface area contributed by atoms with Gasteiger partial charge in [0.2, 0.25) is 0 Å². The number of thiophene rings is 1. The molecule has 3 aromatic rings. The average Bonchev–Trinajstić information content (AvgIpc) is 3.21. The van der Waals surface area contributed by atoms with Gasteiger partial charge in [-0.1, -0.05) is 32.9 Å². The van der Waals surface area contributed by atoms with Gasteiger partial charge in [0, 0.05) is 23.5 Å². The number of aromatic nitrogens is 2. The lowest BCUT2D eigenvalue weighted by Crippen LogP contribution is -2.29. The summed E-state index contributed by atoms with van der Waals surface area (Å²) < 4.78 is 0. The van der Waals surface area contributed by atoms with Crippen molar-refractivity contribution in [2.24, 2.45) is 0 Å². The number of amides is 1. The molecule has 7 heteroatoms. The van der Waals surface area contributed by atoms with Gasteiger partial charge in [-0.2, -0.15) is 0 Å². The number of carbonyl (C=O) groups excluding carboxylic acids is 1. The lowest BCUT2D eigenvalue weighted by molar-refractivity contribution is 0.0952. The summed E-state index contributed by atoms with van der Waals surface area (Å²) in [7, 11) is 0. The maximum atomic E-state index is 12.4. The Morgan fingerprint density at radius 2 is 1.84 bits per heavy atom. The zero-order valence-electron chi connectivity index (χ0n) is 19.0. The lowest BCUT2D eigenvalue weighted by Gasteiger charge is -2.17. The first kappa shape index (κ1) is 23.2. The van der Waals surface area contributed by atoms with Gasteiger partial charge in [0.15, 0.2) is 0 Å². The quantitative estimate of drug-likeness (QED) is 0.426. The molecule has 2 heterocycles. The van der Waals surface area contributed by atoms with Gasteiger partial charge in [0.25, 0.3) is 5.91 Å². The molecule has 31 heavy (non-hydrogen) atoms. The molecule has 0 atom stereocenters. The van der Waals surface area contributed by atoms with Gasteiger partial charge < -0.3 is 15.5 Å². The van der Waals surface area contributed by atoms with Crippen LogP contribution in [0.4, 0.5) is 5.82 Å². The fraction of sp³-hybridized carbons (Fsp3) is 0.458. The minimum absolute atomic E-state index is 0.0161. The monoisotopic (exact) mass is 439 g/mol. The van der Waals surface area contributed by atoms with Crippen LogP contribution in [0.1, 0.15) is 53.8 Å². The van der Waals surface area contributed by atoms with Crippen molar-refractivity contribution in [2.75, 3.05) is 31.5 Å². The summed E-state index contributed by atoms with van der Waals surface area (Å²) in [6, 6.07) is 9.94. The highest BCUT2D eigenvalue weighted by Crippen LogP contribution is 2.29. The van der Waals surface area contributed by atoms with E-state index in [4.69, 9.17) is 0 Å². The van der Waals surface area contributed by atoms with E-state index in [0.29, 0.717) is 18.7 Å². The number of fused-ring (bicyclic) bond motifs is 1. The molecule has 0 unspecified atom stereocenters. The Kier molecular flexibility index (Phi) is 8.37. The average molecular weight is 440 g/mol. The van der Waals surface area contributed by atoms with Crippen molar-refractivity contribution >= 4 is 33.3 Å². The van der Waals surface area contributed by atoms with Crippen LogP contribution in [0.25, 0.3) is 10.2 Å². The Balaban J connectivity index is 1.54. The molecule has 0 aliphatic carbocycles. The van der Waals surface area contributed by atoms with Crippen molar-refractivity contribution in [3.63, 3.8) is 0 Å². The van der Waals surface area contributed by atoms with Gasteiger partial charge in [0.1, 0.15) is 16.5 Å². The van der Waals surface area contributed by atoms with E-state index in [-0.39, 0.29) is 5.91 Å². The zero-order chi connectivity index (χ0) is 22.2. The summed E-state index contributed by atoms with van der Waals surface area (Å²) in [6.07, 6.45) is 1.96. The van der Waals surface area contributed by atoms with Crippen molar-refractivity contribution < 1.29 is 4.79 Å². The maximum Gasteiger partial charge on any atom is 0.251 e. The van der Waals surface area contributed by atoms with Crippen LogP contribution >= 0.6 is 11.3 Å². The second kappa shape index (κ2) is 11.2. The Hall–Kier alpha value is -2.51. The molecular weight excluding hydrogens is 406 g/mol. The van der Waals surface area contributed by atoms with E-state index in [1.165, 1.54) is 4.88 Å². The molecule has 0 radical (unpaired) electrons. The number of rotatable bonds is 11. The molecule has 2 aromatic heterocycles. The van der Waals surface area contributed by atoms with Gasteiger partial charge in [-0.05, 0) is 63.2 Å². The van der Waals surface area contributed by atoms with E-state index in [1.807, 2.05) is 31.2 Å². The number of hydrogen-bond donors (Lipinski definition) is 2. The first-order chi connectivity index (χ1) is 15.0. The molecule has 0 aliphatic rings. The maximum absolute atomic E-state index is 12.4. The zero-order valence-corrected chi connectivity index (χ0v) is 19.8. The van der Waals surface area contributed by atoms with Crippen LogP contribution in [-0.4, -0.2) is 47.0 Å². The summed E-state index contributed by atoms with van der Waals surface area (Å²) >= 11 is 1.73. The van der Waals surface area contributed by atoms with Crippen LogP contribution in [0, 0.1) is 6.92 Å². The Morgan fingerprint density at radius 3 is 2.52 bits per heavy atom. The molecular formula is C24H33N5OS. The third-order valence-electron chi connectivity index (χ3n) is 5.41. The van der Waals surface area contributed by atoms with E-state index >= 15 is 0 Å². The molecule has 6 nitrogen and oxygen atoms in total. The van der Waals surface area contributed by atoms with Crippen LogP contribution in [0.2, 0.25) is 0 Å². The highest BCUT2D eigenvalue weighted by atomic mass is 32.1. The highest BCUT2D eigenvalue weighted by Gasteiger charge is 2.10. The van der Waals surface area contributed by atoms with Gasteiger partial charge in [-0.15, -0.1) is 11.3 Å². The molecule has 0 bridgehead atoms. The summed E-state index contributed by atoms with van der Waals surface area (Å²) in [5.41, 5.74) is 1.80. The summed E-state index contributed by atoms with van der Waals surface area (Å²) in [5, 5.41) is 7.54. The minimum atomic E-state index is -0.0161. The summed E-state index contributed by atoms with van der Waals surface area (Å²) in [4.78, 5) is 26.2. The van der Waals surface area contributed by atoms with Crippen LogP contribution in [0.15, 0.2) is 30.3 Å². The molecule has 0 saturated carbocycles. The van der Waals surface area contributed by atoms with Crippen molar-refractivity contribution in [3.05, 3.63) is 52.2 Å².